The zero-order valence-electron chi connectivity index (χ0n) is 40.2. The molecule has 11 nitrogen and oxygen atoms in total. The van der Waals surface area contributed by atoms with E-state index < -0.39 is 61.4 Å². The normalized spacial score (nSPS) is 24.3. The summed E-state index contributed by atoms with van der Waals surface area (Å²) in [5.74, 6) is 0. The van der Waals surface area contributed by atoms with Gasteiger partial charge in [-0.15, -0.1) is 13.2 Å². The molecule has 0 radical (unpaired) electrons. The minimum atomic E-state index is -1.12. The third-order valence-corrected chi connectivity index (χ3v) is 12.2. The van der Waals surface area contributed by atoms with Crippen molar-refractivity contribution in [3.63, 3.8) is 0 Å². The molecule has 2 heterocycles. The summed E-state index contributed by atoms with van der Waals surface area (Å²) in [5.41, 5.74) is 5.85. The summed E-state index contributed by atoms with van der Waals surface area (Å²) in [6, 6.07) is 60.0. The van der Waals surface area contributed by atoms with Gasteiger partial charge >= 0.3 is 0 Å². The third kappa shape index (κ3) is 15.7. The number of rotatable bonds is 28. The van der Waals surface area contributed by atoms with Crippen LogP contribution in [-0.4, -0.2) is 87.8 Å². The van der Waals surface area contributed by atoms with E-state index in [1.807, 2.05) is 182 Å². The lowest BCUT2D eigenvalue weighted by Gasteiger charge is -2.49. The second-order valence-corrected chi connectivity index (χ2v) is 17.4. The van der Waals surface area contributed by atoms with E-state index in [-0.39, 0.29) is 52.9 Å². The molecule has 0 bridgehead atoms. The molecule has 8 rings (SSSR count). The molecular weight excluding hydrogens is 897 g/mol. The van der Waals surface area contributed by atoms with Gasteiger partial charge in [0.1, 0.15) is 48.8 Å². The maximum Gasteiger partial charge on any atom is 0.190 e. The third-order valence-electron chi connectivity index (χ3n) is 12.2. The maximum absolute atomic E-state index is 7.28. The highest BCUT2D eigenvalue weighted by atomic mass is 16.8. The molecule has 6 aromatic carbocycles. The molecule has 0 amide bonds. The fraction of sp³-hybridized carbons (Fsp3) is 0.333. The van der Waals surface area contributed by atoms with Crippen LogP contribution in [-0.2, 0) is 91.7 Å². The van der Waals surface area contributed by atoms with Crippen LogP contribution >= 0.6 is 0 Å². The number of ether oxygens (including phenoxy) is 11. The molecule has 6 aromatic rings. The molecule has 2 fully saturated rings. The first-order valence-electron chi connectivity index (χ1n) is 24.4. The van der Waals surface area contributed by atoms with Crippen LogP contribution in [0.3, 0.4) is 0 Å². The first kappa shape index (κ1) is 51.7. The Labute approximate surface area is 418 Å². The van der Waals surface area contributed by atoms with Gasteiger partial charge in [-0.05, 0) is 33.4 Å². The summed E-state index contributed by atoms with van der Waals surface area (Å²) in [4.78, 5) is 0. The van der Waals surface area contributed by atoms with Gasteiger partial charge in [-0.2, -0.15) is 0 Å². The maximum atomic E-state index is 7.28. The van der Waals surface area contributed by atoms with Crippen LogP contribution in [0.2, 0.25) is 0 Å². The van der Waals surface area contributed by atoms with Crippen LogP contribution in [0, 0.1) is 0 Å². The molecule has 0 aliphatic carbocycles. The lowest BCUT2D eigenvalue weighted by Crippen LogP contribution is -2.66. The predicted octanol–water partition coefficient (Wildman–Crippen LogP) is 10.4. The number of hydrogen-bond acceptors (Lipinski definition) is 11. The van der Waals surface area contributed by atoms with Crippen LogP contribution in [0.5, 0.6) is 0 Å². The van der Waals surface area contributed by atoms with Crippen LogP contribution in [0.1, 0.15) is 33.4 Å². The predicted molar refractivity (Wildman–Crippen MR) is 271 cm³/mol. The Morgan fingerprint density at radius 1 is 0.324 bits per heavy atom. The fourth-order valence-corrected chi connectivity index (χ4v) is 8.65. The summed E-state index contributed by atoms with van der Waals surface area (Å²) < 4.78 is 75.6. The standard InChI is InChI=1S/C60H66O11/c1-3-35-61-43-51-53(63-37-45-23-11-5-12-24-45)55(65-39-47-27-15-7-16-28-47)57(67-41-49-31-19-9-20-32-49)59(69-51)71-60-58(68-42-50-33-21-10-22-34-50)56(66-40-48-29-17-8-18-30-48)54(52(70-60)44-62-36-4-2)64-38-46-25-13-6-14-26-46/h3-34,51-60H,1-2,35-44H2/t51-,52-,53+,54+,55+,56+,57-,58-,59-,60-/m1/s1. The molecular formula is C60H66O11. The summed E-state index contributed by atoms with van der Waals surface area (Å²) in [7, 11) is 0. The van der Waals surface area contributed by atoms with Gasteiger partial charge < -0.3 is 52.1 Å². The van der Waals surface area contributed by atoms with Gasteiger partial charge in [-0.25, -0.2) is 0 Å². The molecule has 0 aromatic heterocycles. The van der Waals surface area contributed by atoms with Gasteiger partial charge in [0, 0.05) is 0 Å². The molecule has 10 atom stereocenters. The summed E-state index contributed by atoms with van der Waals surface area (Å²) in [6.07, 6.45) is -4.83. The van der Waals surface area contributed by atoms with Crippen molar-refractivity contribution in [2.75, 3.05) is 26.4 Å². The average Bonchev–Trinajstić information content (AvgIpc) is 3.42. The van der Waals surface area contributed by atoms with E-state index in [2.05, 4.69) is 13.2 Å². The summed E-state index contributed by atoms with van der Waals surface area (Å²) in [6.45, 7) is 10.2. The van der Waals surface area contributed by atoms with Gasteiger partial charge in [0.25, 0.3) is 0 Å². The fourth-order valence-electron chi connectivity index (χ4n) is 8.65. The van der Waals surface area contributed by atoms with Crippen molar-refractivity contribution in [1.29, 1.82) is 0 Å². The van der Waals surface area contributed by atoms with Crippen LogP contribution in [0.25, 0.3) is 0 Å². The Kier molecular flexibility index (Phi) is 20.7. The lowest BCUT2D eigenvalue weighted by molar-refractivity contribution is -0.394. The van der Waals surface area contributed by atoms with Crippen molar-refractivity contribution in [3.8, 4) is 0 Å². The van der Waals surface area contributed by atoms with Gasteiger partial charge in [0.2, 0.25) is 0 Å². The first-order chi connectivity index (χ1) is 35.1. The summed E-state index contributed by atoms with van der Waals surface area (Å²) in [5, 5.41) is 0. The second kappa shape index (κ2) is 28.4. The first-order valence-corrected chi connectivity index (χ1v) is 24.4. The number of hydrogen-bond donors (Lipinski definition) is 0. The Balaban J connectivity index is 1.19. The highest BCUT2D eigenvalue weighted by Crippen LogP contribution is 2.37. The molecule has 0 saturated carbocycles. The molecule has 0 unspecified atom stereocenters. The average molecular weight is 963 g/mol. The largest absolute Gasteiger partial charge is 0.375 e. The minimum absolute atomic E-state index is 0.137. The van der Waals surface area contributed by atoms with E-state index in [9.17, 15) is 0 Å². The van der Waals surface area contributed by atoms with E-state index in [4.69, 9.17) is 52.1 Å². The Morgan fingerprint density at radius 2 is 0.563 bits per heavy atom. The van der Waals surface area contributed by atoms with Crippen LogP contribution in [0.15, 0.2) is 207 Å². The van der Waals surface area contributed by atoms with Crippen LogP contribution < -0.4 is 0 Å². The monoisotopic (exact) mass is 962 g/mol. The molecule has 0 N–H and O–H groups in total. The van der Waals surface area contributed by atoms with E-state index in [0.29, 0.717) is 13.2 Å². The van der Waals surface area contributed by atoms with E-state index in [1.165, 1.54) is 0 Å². The minimum Gasteiger partial charge on any atom is -0.375 e. The molecule has 2 aliphatic heterocycles. The van der Waals surface area contributed by atoms with Gasteiger partial charge in [0.15, 0.2) is 12.6 Å². The van der Waals surface area contributed by atoms with Crippen molar-refractivity contribution >= 4 is 0 Å². The van der Waals surface area contributed by atoms with E-state index in [1.54, 1.807) is 12.2 Å². The van der Waals surface area contributed by atoms with Crippen molar-refractivity contribution < 1.29 is 52.1 Å². The summed E-state index contributed by atoms with van der Waals surface area (Å²) >= 11 is 0. The molecule has 71 heavy (non-hydrogen) atoms. The Hall–Kier alpha value is -5.64. The molecule has 0 spiro atoms. The molecule has 11 heteroatoms. The Bertz CT molecular complexity index is 2210. The van der Waals surface area contributed by atoms with E-state index in [0.717, 1.165) is 33.4 Å². The van der Waals surface area contributed by atoms with Crippen molar-refractivity contribution in [1.82, 2.24) is 0 Å². The highest BCUT2D eigenvalue weighted by molar-refractivity contribution is 5.18. The zero-order valence-corrected chi connectivity index (χ0v) is 40.2. The molecule has 372 valence electrons. The van der Waals surface area contributed by atoms with Gasteiger partial charge in [-0.3, -0.25) is 0 Å². The molecule has 2 saturated heterocycles. The van der Waals surface area contributed by atoms with Gasteiger partial charge in [-0.1, -0.05) is 194 Å². The topological polar surface area (TPSA) is 102 Å². The smallest absolute Gasteiger partial charge is 0.190 e. The second-order valence-electron chi connectivity index (χ2n) is 17.4. The van der Waals surface area contributed by atoms with E-state index >= 15 is 0 Å². The lowest BCUT2D eigenvalue weighted by atomic mass is 9.96. The van der Waals surface area contributed by atoms with Gasteiger partial charge in [0.05, 0.1) is 66.1 Å². The zero-order chi connectivity index (χ0) is 48.7. The van der Waals surface area contributed by atoms with Crippen molar-refractivity contribution in [3.05, 3.63) is 241 Å². The molecule has 2 aliphatic rings. The quantitative estimate of drug-likeness (QED) is 0.0347. The van der Waals surface area contributed by atoms with Crippen molar-refractivity contribution in [2.24, 2.45) is 0 Å². The van der Waals surface area contributed by atoms with Crippen LogP contribution in [0.4, 0.5) is 0 Å². The van der Waals surface area contributed by atoms with Crippen molar-refractivity contribution in [2.45, 2.75) is 101 Å². The Morgan fingerprint density at radius 3 is 0.817 bits per heavy atom. The SMILES string of the molecule is C=CCOC[C@H]1O[C@H](O[C@H]2O[C@H](COCC=C)[C@H](OCc3ccccc3)[C@H](OCc3ccccc3)[C@H]2OCc2ccccc2)[C@H](OCc2ccccc2)[C@@H](OCc2ccccc2)[C@H]1OCc1ccccc1. The number of benzene rings is 6. The highest BCUT2D eigenvalue weighted by Gasteiger charge is 2.54.